The number of rotatable bonds is 0. The van der Waals surface area contributed by atoms with Gasteiger partial charge in [-0.05, 0) is 0 Å². The minimum atomic E-state index is -4.27. The van der Waals surface area contributed by atoms with E-state index in [2.05, 4.69) is 4.74 Å². The average molecular weight is 158 g/mol. The van der Waals surface area contributed by atoms with Crippen LogP contribution in [0.2, 0.25) is 0 Å². The summed E-state index contributed by atoms with van der Waals surface area (Å²) >= 11 is 0. The van der Waals surface area contributed by atoms with E-state index in [4.69, 9.17) is 0 Å². The van der Waals surface area contributed by atoms with E-state index in [0.717, 1.165) is 6.92 Å². The summed E-state index contributed by atoms with van der Waals surface area (Å²) in [6.07, 6.45) is -4.27. The van der Waals surface area contributed by atoms with Gasteiger partial charge in [0.1, 0.15) is 0 Å². The van der Waals surface area contributed by atoms with Gasteiger partial charge in [0.15, 0.2) is 0 Å². The van der Waals surface area contributed by atoms with Crippen molar-refractivity contribution in [2.75, 3.05) is 6.61 Å². The van der Waals surface area contributed by atoms with E-state index < -0.39 is 24.6 Å². The van der Waals surface area contributed by atoms with E-state index in [-0.39, 0.29) is 0 Å². The van der Waals surface area contributed by atoms with Crippen molar-refractivity contribution in [2.24, 2.45) is 5.92 Å². The van der Waals surface area contributed by atoms with E-state index in [1.54, 1.807) is 0 Å². The summed E-state index contributed by atoms with van der Waals surface area (Å²) < 4.78 is 52.1. The van der Waals surface area contributed by atoms with Crippen LogP contribution in [0.5, 0.6) is 0 Å². The van der Waals surface area contributed by atoms with Crippen molar-refractivity contribution in [3.05, 3.63) is 0 Å². The minimum absolute atomic E-state index is 0.583. The molecule has 0 spiro atoms. The third-order valence-corrected chi connectivity index (χ3v) is 1.52. The second kappa shape index (κ2) is 1.84. The van der Waals surface area contributed by atoms with E-state index in [0.29, 0.717) is 0 Å². The molecule has 1 atom stereocenters. The maximum atomic E-state index is 12.2. The highest BCUT2D eigenvalue weighted by molar-refractivity contribution is 4.87. The highest BCUT2D eigenvalue weighted by Crippen LogP contribution is 2.46. The normalized spacial score (nSPS) is 36.3. The Hall–Kier alpha value is -0.320. The van der Waals surface area contributed by atoms with Crippen molar-refractivity contribution < 1.29 is 22.3 Å². The van der Waals surface area contributed by atoms with Crippen LogP contribution in [-0.2, 0) is 4.74 Å². The van der Waals surface area contributed by atoms with Gasteiger partial charge in [0.25, 0.3) is 0 Å². The lowest BCUT2D eigenvalue weighted by Gasteiger charge is -2.18. The monoisotopic (exact) mass is 158 g/mol. The molecule has 0 aromatic rings. The summed E-state index contributed by atoms with van der Waals surface area (Å²) in [4.78, 5) is 0. The molecule has 0 bridgehead atoms. The lowest BCUT2D eigenvalue weighted by molar-refractivity contribution is -0.306. The summed E-state index contributed by atoms with van der Waals surface area (Å²) in [6.45, 7) is 0.445. The van der Waals surface area contributed by atoms with Crippen LogP contribution >= 0.6 is 0 Å². The van der Waals surface area contributed by atoms with Gasteiger partial charge in [-0.3, -0.25) is 0 Å². The molecule has 0 saturated carbocycles. The Bertz CT molecular complexity index is 145. The summed E-state index contributed by atoms with van der Waals surface area (Å²) in [5.74, 6) is -5.41. The van der Waals surface area contributed by atoms with Crippen molar-refractivity contribution in [3.63, 3.8) is 0 Å². The van der Waals surface area contributed by atoms with Crippen LogP contribution in [0.15, 0.2) is 0 Å². The second-order valence-electron chi connectivity index (χ2n) is 2.35. The van der Waals surface area contributed by atoms with Crippen molar-refractivity contribution in [1.29, 1.82) is 0 Å². The van der Waals surface area contributed by atoms with Crippen molar-refractivity contribution in [2.45, 2.75) is 19.0 Å². The molecule has 1 unspecified atom stereocenters. The van der Waals surface area contributed by atoms with Gasteiger partial charge >= 0.3 is 12.0 Å². The van der Waals surface area contributed by atoms with Gasteiger partial charge in [-0.25, -0.2) is 0 Å². The van der Waals surface area contributed by atoms with Crippen molar-refractivity contribution in [1.82, 2.24) is 0 Å². The molecule has 60 valence electrons. The molecule has 1 saturated heterocycles. The van der Waals surface area contributed by atoms with Gasteiger partial charge in [-0.15, -0.1) is 0 Å². The SMILES string of the molecule is CC1COC(F)(F)C1(F)F. The summed E-state index contributed by atoms with van der Waals surface area (Å²) in [7, 11) is 0. The molecule has 1 aliphatic heterocycles. The first-order chi connectivity index (χ1) is 4.38. The number of hydrogen-bond donors (Lipinski definition) is 0. The first-order valence-electron chi connectivity index (χ1n) is 2.77. The van der Waals surface area contributed by atoms with E-state index >= 15 is 0 Å². The van der Waals surface area contributed by atoms with Crippen molar-refractivity contribution >= 4 is 0 Å². The molecular formula is C5H6F4O. The van der Waals surface area contributed by atoms with Gasteiger partial charge in [-0.1, -0.05) is 6.92 Å². The first-order valence-corrected chi connectivity index (χ1v) is 2.77. The zero-order valence-corrected chi connectivity index (χ0v) is 5.20. The smallest absolute Gasteiger partial charge is 0.315 e. The Balaban J connectivity index is 2.84. The molecule has 1 aliphatic rings. The molecule has 0 aliphatic carbocycles. The minimum Gasteiger partial charge on any atom is -0.315 e. The number of halogens is 4. The predicted molar refractivity (Wildman–Crippen MR) is 25.0 cm³/mol. The standard InChI is InChI=1S/C5H6F4O/c1-3-2-10-5(8,9)4(3,6)7/h3H,2H2,1H3. The molecule has 5 heteroatoms. The quantitative estimate of drug-likeness (QED) is 0.489. The van der Waals surface area contributed by atoms with Crippen LogP contribution < -0.4 is 0 Å². The van der Waals surface area contributed by atoms with Crippen LogP contribution in [0.25, 0.3) is 0 Å². The Kier molecular flexibility index (Phi) is 1.43. The summed E-state index contributed by atoms with van der Waals surface area (Å²) in [5, 5.41) is 0. The molecule has 10 heavy (non-hydrogen) atoms. The van der Waals surface area contributed by atoms with Crippen LogP contribution in [0.1, 0.15) is 6.92 Å². The molecule has 0 aromatic heterocycles. The van der Waals surface area contributed by atoms with Crippen LogP contribution in [0, 0.1) is 5.92 Å². The Morgan fingerprint density at radius 3 is 1.90 bits per heavy atom. The van der Waals surface area contributed by atoms with Gasteiger partial charge in [0.2, 0.25) is 0 Å². The molecule has 1 rings (SSSR count). The largest absolute Gasteiger partial charge is 0.419 e. The molecule has 0 amide bonds. The first kappa shape index (κ1) is 7.78. The number of ether oxygens (including phenoxy) is 1. The zero-order chi connectivity index (χ0) is 7.99. The van der Waals surface area contributed by atoms with E-state index in [1.165, 1.54) is 0 Å². The lowest BCUT2D eigenvalue weighted by atomic mass is 10.1. The maximum Gasteiger partial charge on any atom is 0.419 e. The van der Waals surface area contributed by atoms with Gasteiger partial charge < -0.3 is 4.74 Å². The molecule has 0 radical (unpaired) electrons. The van der Waals surface area contributed by atoms with Gasteiger partial charge in [0.05, 0.1) is 12.5 Å². The van der Waals surface area contributed by atoms with Crippen LogP contribution in [-0.4, -0.2) is 18.6 Å². The molecule has 1 heterocycles. The summed E-state index contributed by atoms with van der Waals surface area (Å²) in [6, 6.07) is 0. The Labute approximate surface area is 55.0 Å². The van der Waals surface area contributed by atoms with Gasteiger partial charge in [-0.2, -0.15) is 17.6 Å². The van der Waals surface area contributed by atoms with Crippen LogP contribution in [0.3, 0.4) is 0 Å². The van der Waals surface area contributed by atoms with E-state index in [9.17, 15) is 17.6 Å². The number of alkyl halides is 4. The molecule has 1 nitrogen and oxygen atoms in total. The molecule has 0 aromatic carbocycles. The van der Waals surface area contributed by atoms with Crippen LogP contribution in [0.4, 0.5) is 17.6 Å². The molecule has 0 N–H and O–H groups in total. The Morgan fingerprint density at radius 2 is 1.80 bits per heavy atom. The fourth-order valence-electron chi connectivity index (χ4n) is 0.717. The third-order valence-electron chi connectivity index (χ3n) is 1.52. The van der Waals surface area contributed by atoms with Gasteiger partial charge in [0, 0.05) is 0 Å². The number of hydrogen-bond acceptors (Lipinski definition) is 1. The maximum absolute atomic E-state index is 12.2. The third kappa shape index (κ3) is 0.801. The zero-order valence-electron chi connectivity index (χ0n) is 5.20. The van der Waals surface area contributed by atoms with E-state index in [1.807, 2.05) is 0 Å². The summed E-state index contributed by atoms with van der Waals surface area (Å²) in [5.41, 5.74) is 0. The fourth-order valence-corrected chi connectivity index (χ4v) is 0.717. The lowest BCUT2D eigenvalue weighted by Crippen LogP contribution is -2.39. The second-order valence-corrected chi connectivity index (χ2v) is 2.35. The predicted octanol–water partition coefficient (Wildman–Crippen LogP) is 1.88. The average Bonchev–Trinajstić information content (AvgIpc) is 1.94. The fraction of sp³-hybridized carbons (Fsp3) is 1.00. The highest BCUT2D eigenvalue weighted by atomic mass is 19.3. The highest BCUT2D eigenvalue weighted by Gasteiger charge is 2.66. The Morgan fingerprint density at radius 1 is 1.30 bits per heavy atom. The molecular weight excluding hydrogens is 152 g/mol. The molecule has 1 fully saturated rings. The van der Waals surface area contributed by atoms with Crippen molar-refractivity contribution in [3.8, 4) is 0 Å². The topological polar surface area (TPSA) is 9.23 Å².